The van der Waals surface area contributed by atoms with Gasteiger partial charge in [0.15, 0.2) is 6.61 Å². The highest BCUT2D eigenvalue weighted by Crippen LogP contribution is 2.26. The lowest BCUT2D eigenvalue weighted by atomic mass is 10.0. The Bertz CT molecular complexity index is 1050. The molecule has 0 bridgehead atoms. The Labute approximate surface area is 176 Å². The summed E-state index contributed by atoms with van der Waals surface area (Å²) in [7, 11) is 0. The number of benzene rings is 2. The van der Waals surface area contributed by atoms with Crippen LogP contribution >= 0.6 is 15.9 Å². The number of ether oxygens (including phenoxy) is 1. The van der Waals surface area contributed by atoms with E-state index in [4.69, 9.17) is 4.74 Å². The third-order valence-corrected chi connectivity index (χ3v) is 5.10. The molecule has 0 spiro atoms. The zero-order valence-corrected chi connectivity index (χ0v) is 17.1. The molecule has 3 aromatic rings. The third kappa shape index (κ3) is 4.83. The summed E-state index contributed by atoms with van der Waals surface area (Å²) in [4.78, 5) is 23.8. The molecule has 2 aromatic carbocycles. The van der Waals surface area contributed by atoms with Gasteiger partial charge in [0.25, 0.3) is 5.91 Å². The van der Waals surface area contributed by atoms with Crippen molar-refractivity contribution in [3.8, 4) is 5.75 Å². The zero-order valence-electron chi connectivity index (χ0n) is 15.5. The molecule has 1 aliphatic rings. The van der Waals surface area contributed by atoms with Gasteiger partial charge in [-0.15, -0.1) is 0 Å². The van der Waals surface area contributed by atoms with Crippen LogP contribution < -0.4 is 15.4 Å². The normalized spacial score (nSPS) is 12.8. The summed E-state index contributed by atoms with van der Waals surface area (Å²) in [6, 6.07) is 15.1. The van der Waals surface area contributed by atoms with E-state index in [0.717, 1.165) is 21.3 Å². The zero-order chi connectivity index (χ0) is 20.2. The van der Waals surface area contributed by atoms with Crippen LogP contribution in [0.2, 0.25) is 0 Å². The second-order valence-electron chi connectivity index (χ2n) is 6.70. The Morgan fingerprint density at radius 1 is 1.17 bits per heavy atom. The van der Waals surface area contributed by atoms with Crippen molar-refractivity contribution in [2.45, 2.75) is 19.4 Å². The Balaban J connectivity index is 1.34. The molecule has 0 fully saturated rings. The Morgan fingerprint density at radius 2 is 2.00 bits per heavy atom. The van der Waals surface area contributed by atoms with Gasteiger partial charge in [-0.25, -0.2) is 4.68 Å². The van der Waals surface area contributed by atoms with Gasteiger partial charge in [0.2, 0.25) is 5.91 Å². The van der Waals surface area contributed by atoms with E-state index >= 15 is 0 Å². The van der Waals surface area contributed by atoms with Gasteiger partial charge >= 0.3 is 0 Å². The fourth-order valence-corrected chi connectivity index (χ4v) is 3.37. The lowest BCUT2D eigenvalue weighted by Gasteiger charge is -2.17. The number of hydrogen-bond donors (Lipinski definition) is 2. The van der Waals surface area contributed by atoms with Crippen LogP contribution in [0, 0.1) is 0 Å². The van der Waals surface area contributed by atoms with Gasteiger partial charge < -0.3 is 15.4 Å². The third-order valence-electron chi connectivity index (χ3n) is 4.57. The number of nitrogens with one attached hydrogen (secondary N) is 2. The summed E-state index contributed by atoms with van der Waals surface area (Å²) < 4.78 is 8.36. The van der Waals surface area contributed by atoms with Gasteiger partial charge in [0.05, 0.1) is 12.7 Å². The molecule has 0 atom stereocenters. The van der Waals surface area contributed by atoms with Crippen LogP contribution in [0.3, 0.4) is 0 Å². The van der Waals surface area contributed by atoms with E-state index in [9.17, 15) is 9.59 Å². The molecular weight excluding hydrogens is 436 g/mol. The van der Waals surface area contributed by atoms with Gasteiger partial charge in [-0.1, -0.05) is 28.1 Å². The van der Waals surface area contributed by atoms with Crippen LogP contribution in [-0.2, 0) is 22.6 Å². The molecule has 29 heavy (non-hydrogen) atoms. The van der Waals surface area contributed by atoms with Crippen molar-refractivity contribution in [2.24, 2.45) is 0 Å². The number of carbonyl (C=O) groups excluding carboxylic acids is 2. The quantitative estimate of drug-likeness (QED) is 0.595. The molecule has 7 nitrogen and oxygen atoms in total. The minimum absolute atomic E-state index is 0.0188. The van der Waals surface area contributed by atoms with Crippen molar-refractivity contribution < 1.29 is 14.3 Å². The monoisotopic (exact) mass is 454 g/mol. The number of aromatic nitrogens is 2. The number of nitrogens with zero attached hydrogens (tertiary/aromatic N) is 2. The summed E-state index contributed by atoms with van der Waals surface area (Å²) in [6.07, 6.45) is 2.77. The molecule has 2 amide bonds. The largest absolute Gasteiger partial charge is 0.484 e. The van der Waals surface area contributed by atoms with Gasteiger partial charge in [-0.05, 0) is 47.9 Å². The number of hydrogen-bond acceptors (Lipinski definition) is 4. The van der Waals surface area contributed by atoms with Gasteiger partial charge in [-0.2, -0.15) is 5.10 Å². The number of anilines is 2. The van der Waals surface area contributed by atoms with Crippen LogP contribution in [-0.4, -0.2) is 28.2 Å². The van der Waals surface area contributed by atoms with E-state index in [1.54, 1.807) is 29.1 Å². The standard InChI is InChI=1S/C21H19BrN4O3/c22-16-4-1-14(2-5-16)12-26-19(9-10-23-26)25-21(28)13-29-17-6-7-18-15(11-17)3-8-20(27)24-18/h1-2,4-7,9-11H,3,8,12-13H2,(H,24,27)(H,25,28). The van der Waals surface area contributed by atoms with Crippen molar-refractivity contribution in [3.05, 3.63) is 70.3 Å². The summed E-state index contributed by atoms with van der Waals surface area (Å²) in [5.41, 5.74) is 2.88. The van der Waals surface area contributed by atoms with E-state index in [0.29, 0.717) is 31.0 Å². The Hall–Kier alpha value is -3.13. The molecule has 0 saturated heterocycles. The fraction of sp³-hybridized carbons (Fsp3) is 0.190. The highest BCUT2D eigenvalue weighted by Gasteiger charge is 2.15. The van der Waals surface area contributed by atoms with Crippen molar-refractivity contribution in [3.63, 3.8) is 0 Å². The lowest BCUT2D eigenvalue weighted by Crippen LogP contribution is -2.22. The number of aryl methyl sites for hydroxylation is 1. The maximum atomic E-state index is 12.3. The molecule has 1 aliphatic heterocycles. The minimum Gasteiger partial charge on any atom is -0.484 e. The van der Waals surface area contributed by atoms with E-state index in [-0.39, 0.29) is 18.4 Å². The average Bonchev–Trinajstić information content (AvgIpc) is 3.14. The van der Waals surface area contributed by atoms with Crippen molar-refractivity contribution >= 4 is 39.2 Å². The number of fused-ring (bicyclic) bond motifs is 1. The Kier molecular flexibility index (Phi) is 5.62. The molecule has 2 N–H and O–H groups in total. The molecule has 148 valence electrons. The number of carbonyl (C=O) groups is 2. The number of amides is 2. The molecule has 2 heterocycles. The van der Waals surface area contributed by atoms with Gasteiger partial charge in [-0.3, -0.25) is 9.59 Å². The maximum absolute atomic E-state index is 12.3. The van der Waals surface area contributed by atoms with Crippen LogP contribution in [0.25, 0.3) is 0 Å². The highest BCUT2D eigenvalue weighted by atomic mass is 79.9. The second-order valence-corrected chi connectivity index (χ2v) is 7.62. The number of rotatable bonds is 6. The SMILES string of the molecule is O=C1CCc2cc(OCC(=O)Nc3ccnn3Cc3ccc(Br)cc3)ccc2N1. The average molecular weight is 455 g/mol. The summed E-state index contributed by atoms with van der Waals surface area (Å²) in [5, 5.41) is 9.93. The first-order valence-electron chi connectivity index (χ1n) is 9.18. The van der Waals surface area contributed by atoms with E-state index < -0.39 is 0 Å². The molecular formula is C21H19BrN4O3. The van der Waals surface area contributed by atoms with E-state index in [1.165, 1.54) is 0 Å². The van der Waals surface area contributed by atoms with Crippen molar-refractivity contribution in [1.29, 1.82) is 0 Å². The minimum atomic E-state index is -0.270. The smallest absolute Gasteiger partial charge is 0.263 e. The molecule has 8 heteroatoms. The first kappa shape index (κ1) is 19.2. The first-order chi connectivity index (χ1) is 14.1. The van der Waals surface area contributed by atoms with Crippen molar-refractivity contribution in [1.82, 2.24) is 9.78 Å². The maximum Gasteiger partial charge on any atom is 0.263 e. The molecule has 1 aromatic heterocycles. The first-order valence-corrected chi connectivity index (χ1v) is 9.98. The molecule has 0 unspecified atom stereocenters. The fourth-order valence-electron chi connectivity index (χ4n) is 3.10. The Morgan fingerprint density at radius 3 is 2.83 bits per heavy atom. The van der Waals surface area contributed by atoms with Crippen LogP contribution in [0.15, 0.2) is 59.2 Å². The van der Waals surface area contributed by atoms with Gasteiger partial charge in [0, 0.05) is 22.6 Å². The predicted octanol–water partition coefficient (Wildman–Crippen LogP) is 3.60. The second kappa shape index (κ2) is 8.48. The lowest BCUT2D eigenvalue weighted by molar-refractivity contribution is -0.118. The highest BCUT2D eigenvalue weighted by molar-refractivity contribution is 9.10. The van der Waals surface area contributed by atoms with E-state index in [1.807, 2.05) is 30.3 Å². The van der Waals surface area contributed by atoms with Crippen molar-refractivity contribution in [2.75, 3.05) is 17.2 Å². The number of halogens is 1. The predicted molar refractivity (Wildman–Crippen MR) is 113 cm³/mol. The van der Waals surface area contributed by atoms with Crippen LogP contribution in [0.4, 0.5) is 11.5 Å². The molecule has 4 rings (SSSR count). The molecule has 0 saturated carbocycles. The summed E-state index contributed by atoms with van der Waals surface area (Å²) in [6.45, 7) is 0.432. The molecule has 0 radical (unpaired) electrons. The van der Waals surface area contributed by atoms with Gasteiger partial charge in [0.1, 0.15) is 11.6 Å². The van der Waals surface area contributed by atoms with E-state index in [2.05, 4.69) is 31.7 Å². The summed E-state index contributed by atoms with van der Waals surface area (Å²) >= 11 is 3.42. The summed E-state index contributed by atoms with van der Waals surface area (Å²) in [5.74, 6) is 0.951. The molecule has 0 aliphatic carbocycles. The topological polar surface area (TPSA) is 85.2 Å². The van der Waals surface area contributed by atoms with Crippen LogP contribution in [0.5, 0.6) is 5.75 Å². The van der Waals surface area contributed by atoms with Crippen LogP contribution in [0.1, 0.15) is 17.5 Å².